The molecule has 1 unspecified atom stereocenters. The molecule has 1 amide bonds. The molecular weight excluding hydrogens is 298 g/mol. The van der Waals surface area contributed by atoms with Gasteiger partial charge in [0.25, 0.3) is 0 Å². The zero-order chi connectivity index (χ0) is 16.8. The van der Waals surface area contributed by atoms with Crippen LogP contribution in [-0.4, -0.2) is 21.5 Å². The summed E-state index contributed by atoms with van der Waals surface area (Å²) < 4.78 is 2.07. The van der Waals surface area contributed by atoms with Crippen LogP contribution in [0.25, 0.3) is 11.0 Å². The molecule has 1 aliphatic heterocycles. The van der Waals surface area contributed by atoms with Gasteiger partial charge in [-0.2, -0.15) is 0 Å². The first-order valence-electron chi connectivity index (χ1n) is 8.36. The highest BCUT2D eigenvalue weighted by atomic mass is 16.2. The van der Waals surface area contributed by atoms with Crippen molar-refractivity contribution in [3.05, 3.63) is 59.4 Å². The topological polar surface area (TPSA) is 38.1 Å². The van der Waals surface area contributed by atoms with Crippen LogP contribution in [0.2, 0.25) is 0 Å². The maximum Gasteiger partial charge on any atom is 0.231 e. The number of aromatic nitrogens is 2. The van der Waals surface area contributed by atoms with Gasteiger partial charge in [0.1, 0.15) is 5.82 Å². The fourth-order valence-electron chi connectivity index (χ4n) is 3.68. The van der Waals surface area contributed by atoms with E-state index in [9.17, 15) is 4.79 Å². The predicted octanol–water partition coefficient (Wildman–Crippen LogP) is 3.40. The van der Waals surface area contributed by atoms with Gasteiger partial charge in [-0.1, -0.05) is 24.3 Å². The molecule has 4 heteroatoms. The summed E-state index contributed by atoms with van der Waals surface area (Å²) in [5, 5.41) is 0. The number of hydrogen-bond acceptors (Lipinski definition) is 2. The molecule has 0 saturated carbocycles. The Hall–Kier alpha value is -2.62. The summed E-state index contributed by atoms with van der Waals surface area (Å²) in [7, 11) is 2.01. The molecule has 0 saturated heterocycles. The number of fused-ring (bicyclic) bond motifs is 2. The normalized spacial score (nSPS) is 16.6. The number of para-hydroxylation sites is 1. The standard InChI is InChI=1S/C20H21N3O/c1-13-10-16-6-4-5-7-18(16)23(13)20(24)12-15-8-9-19-17(11-15)21-14(2)22(19)3/h4-9,11,13H,10,12H2,1-3H3. The quantitative estimate of drug-likeness (QED) is 0.726. The highest BCUT2D eigenvalue weighted by Crippen LogP contribution is 2.32. The average molecular weight is 319 g/mol. The Bertz CT molecular complexity index is 941. The van der Waals surface area contributed by atoms with E-state index in [0.29, 0.717) is 6.42 Å². The van der Waals surface area contributed by atoms with E-state index in [4.69, 9.17) is 0 Å². The third kappa shape index (κ3) is 2.30. The minimum atomic E-state index is 0.152. The van der Waals surface area contributed by atoms with Crippen molar-refractivity contribution in [2.45, 2.75) is 32.7 Å². The number of anilines is 1. The molecule has 2 aromatic carbocycles. The van der Waals surface area contributed by atoms with Crippen molar-refractivity contribution in [3.8, 4) is 0 Å². The lowest BCUT2D eigenvalue weighted by molar-refractivity contribution is -0.118. The van der Waals surface area contributed by atoms with Crippen molar-refractivity contribution in [1.82, 2.24) is 9.55 Å². The van der Waals surface area contributed by atoms with E-state index < -0.39 is 0 Å². The zero-order valence-electron chi connectivity index (χ0n) is 14.3. The minimum absolute atomic E-state index is 0.152. The third-order valence-electron chi connectivity index (χ3n) is 5.00. The highest BCUT2D eigenvalue weighted by molar-refractivity contribution is 5.97. The van der Waals surface area contributed by atoms with Gasteiger partial charge in [0.2, 0.25) is 5.91 Å². The van der Waals surface area contributed by atoms with Gasteiger partial charge in [-0.05, 0) is 49.6 Å². The number of carbonyl (C=O) groups is 1. The summed E-state index contributed by atoms with van der Waals surface area (Å²) in [6.45, 7) is 4.11. The number of aryl methyl sites for hydroxylation is 2. The van der Waals surface area contributed by atoms with Crippen LogP contribution in [0.1, 0.15) is 23.9 Å². The molecule has 1 aromatic heterocycles. The highest BCUT2D eigenvalue weighted by Gasteiger charge is 2.30. The molecule has 4 rings (SSSR count). The number of nitrogens with zero attached hydrogens (tertiary/aromatic N) is 3. The van der Waals surface area contributed by atoms with Gasteiger partial charge in [-0.3, -0.25) is 4.79 Å². The van der Waals surface area contributed by atoms with Crippen LogP contribution in [-0.2, 0) is 24.7 Å². The lowest BCUT2D eigenvalue weighted by atomic mass is 10.1. The maximum atomic E-state index is 12.9. The molecule has 3 aromatic rings. The van der Waals surface area contributed by atoms with Crippen molar-refractivity contribution in [3.63, 3.8) is 0 Å². The summed E-state index contributed by atoms with van der Waals surface area (Å²) in [5.74, 6) is 1.13. The van der Waals surface area contributed by atoms with Gasteiger partial charge >= 0.3 is 0 Å². The van der Waals surface area contributed by atoms with Crippen molar-refractivity contribution < 1.29 is 4.79 Å². The number of amides is 1. The van der Waals surface area contributed by atoms with Crippen molar-refractivity contribution >= 4 is 22.6 Å². The molecule has 24 heavy (non-hydrogen) atoms. The van der Waals surface area contributed by atoms with Gasteiger partial charge in [0, 0.05) is 18.8 Å². The van der Waals surface area contributed by atoms with Crippen LogP contribution >= 0.6 is 0 Å². The van der Waals surface area contributed by atoms with E-state index >= 15 is 0 Å². The molecule has 0 spiro atoms. The van der Waals surface area contributed by atoms with E-state index in [2.05, 4.69) is 28.6 Å². The molecule has 1 atom stereocenters. The SMILES string of the molecule is Cc1nc2cc(CC(=O)N3c4ccccc4CC3C)ccc2n1C. The monoisotopic (exact) mass is 319 g/mol. The molecule has 0 N–H and O–H groups in total. The van der Waals surface area contributed by atoms with Gasteiger partial charge in [-0.25, -0.2) is 4.98 Å². The summed E-state index contributed by atoms with van der Waals surface area (Å²) in [6.07, 6.45) is 1.34. The molecule has 2 heterocycles. The summed E-state index contributed by atoms with van der Waals surface area (Å²) in [4.78, 5) is 19.4. The molecule has 1 aliphatic rings. The first kappa shape index (κ1) is 14.9. The molecule has 0 fully saturated rings. The molecule has 0 aliphatic carbocycles. The second-order valence-electron chi connectivity index (χ2n) is 6.66. The lowest BCUT2D eigenvalue weighted by Crippen LogP contribution is -2.36. The predicted molar refractivity (Wildman–Crippen MR) is 96.2 cm³/mol. The largest absolute Gasteiger partial charge is 0.331 e. The fourth-order valence-corrected chi connectivity index (χ4v) is 3.68. The number of benzene rings is 2. The van der Waals surface area contributed by atoms with E-state index in [1.807, 2.05) is 49.2 Å². The Morgan fingerprint density at radius 1 is 1.25 bits per heavy atom. The van der Waals surface area contributed by atoms with Crippen LogP contribution in [0.3, 0.4) is 0 Å². The Labute approximate surface area is 141 Å². The Balaban J connectivity index is 1.62. The summed E-state index contributed by atoms with van der Waals surface area (Å²) in [6, 6.07) is 14.5. The summed E-state index contributed by atoms with van der Waals surface area (Å²) >= 11 is 0. The lowest BCUT2D eigenvalue weighted by Gasteiger charge is -2.22. The van der Waals surface area contributed by atoms with Gasteiger partial charge in [0.15, 0.2) is 0 Å². The molecular formula is C20H21N3O. The van der Waals surface area contributed by atoms with Crippen LogP contribution in [0.4, 0.5) is 5.69 Å². The van der Waals surface area contributed by atoms with Gasteiger partial charge in [-0.15, -0.1) is 0 Å². The first-order valence-corrected chi connectivity index (χ1v) is 8.36. The first-order chi connectivity index (χ1) is 11.5. The van der Waals surface area contributed by atoms with Crippen molar-refractivity contribution in [2.75, 3.05) is 4.90 Å². The van der Waals surface area contributed by atoms with Gasteiger partial charge in [0.05, 0.1) is 17.5 Å². The number of carbonyl (C=O) groups excluding carboxylic acids is 1. The van der Waals surface area contributed by atoms with E-state index in [0.717, 1.165) is 34.5 Å². The van der Waals surface area contributed by atoms with Crippen LogP contribution in [0, 0.1) is 6.92 Å². The average Bonchev–Trinajstić information content (AvgIpc) is 3.03. The molecule has 122 valence electrons. The molecule has 4 nitrogen and oxygen atoms in total. The Morgan fingerprint density at radius 3 is 2.88 bits per heavy atom. The minimum Gasteiger partial charge on any atom is -0.331 e. The van der Waals surface area contributed by atoms with Crippen molar-refractivity contribution in [2.24, 2.45) is 7.05 Å². The van der Waals surface area contributed by atoms with Crippen LogP contribution in [0.15, 0.2) is 42.5 Å². The summed E-state index contributed by atoms with van der Waals surface area (Å²) in [5.41, 5.74) is 5.39. The zero-order valence-corrected chi connectivity index (χ0v) is 14.3. The van der Waals surface area contributed by atoms with Crippen LogP contribution in [0.5, 0.6) is 0 Å². The van der Waals surface area contributed by atoms with Gasteiger partial charge < -0.3 is 9.47 Å². The van der Waals surface area contributed by atoms with Crippen LogP contribution < -0.4 is 4.90 Å². The van der Waals surface area contributed by atoms with E-state index in [1.54, 1.807) is 0 Å². The second kappa shape index (κ2) is 5.48. The maximum absolute atomic E-state index is 12.9. The number of rotatable bonds is 2. The fraction of sp³-hybridized carbons (Fsp3) is 0.300. The second-order valence-corrected chi connectivity index (χ2v) is 6.66. The number of imidazole rings is 1. The Morgan fingerprint density at radius 2 is 2.04 bits per heavy atom. The number of hydrogen-bond donors (Lipinski definition) is 0. The Kier molecular flexibility index (Phi) is 3.41. The molecule has 0 radical (unpaired) electrons. The molecule has 0 bridgehead atoms. The van der Waals surface area contributed by atoms with E-state index in [-0.39, 0.29) is 11.9 Å². The third-order valence-corrected chi connectivity index (χ3v) is 5.00. The smallest absolute Gasteiger partial charge is 0.231 e. The van der Waals surface area contributed by atoms with E-state index in [1.165, 1.54) is 5.56 Å². The van der Waals surface area contributed by atoms with Crippen molar-refractivity contribution in [1.29, 1.82) is 0 Å².